The number of likely N-dealkylation sites (tertiary alicyclic amines) is 1. The van der Waals surface area contributed by atoms with Crippen LogP contribution in [-0.4, -0.2) is 66.8 Å². The Morgan fingerprint density at radius 2 is 2.14 bits per heavy atom. The molecule has 1 saturated heterocycles. The monoisotopic (exact) mass is 300 g/mol. The van der Waals surface area contributed by atoms with E-state index in [9.17, 15) is 14.7 Å². The van der Waals surface area contributed by atoms with Crippen LogP contribution in [0.1, 0.15) is 39.5 Å². The molecule has 0 aliphatic carbocycles. The van der Waals surface area contributed by atoms with Gasteiger partial charge in [-0.1, -0.05) is 13.3 Å². The molecule has 2 unspecified atom stereocenters. The van der Waals surface area contributed by atoms with E-state index in [2.05, 4.69) is 0 Å². The van der Waals surface area contributed by atoms with Crippen molar-refractivity contribution >= 4 is 12.0 Å². The third kappa shape index (κ3) is 4.09. The highest BCUT2D eigenvalue weighted by Gasteiger charge is 2.43. The maximum absolute atomic E-state index is 12.5. The molecule has 1 rings (SSSR count). The van der Waals surface area contributed by atoms with Crippen molar-refractivity contribution in [1.82, 2.24) is 9.80 Å². The van der Waals surface area contributed by atoms with Gasteiger partial charge in [0.05, 0.1) is 18.1 Å². The Kier molecular flexibility index (Phi) is 6.45. The van der Waals surface area contributed by atoms with Crippen LogP contribution in [0.5, 0.6) is 0 Å². The topological polar surface area (TPSA) is 70.1 Å². The molecule has 0 saturated carbocycles. The number of hydrogen-bond acceptors (Lipinski definition) is 3. The van der Waals surface area contributed by atoms with Gasteiger partial charge >= 0.3 is 12.0 Å². The van der Waals surface area contributed by atoms with E-state index in [1.807, 2.05) is 13.8 Å². The zero-order chi connectivity index (χ0) is 16.0. The van der Waals surface area contributed by atoms with Gasteiger partial charge in [-0.15, -0.1) is 0 Å². The van der Waals surface area contributed by atoms with Crippen LogP contribution in [0, 0.1) is 5.41 Å². The lowest BCUT2D eigenvalue weighted by Gasteiger charge is -2.42. The van der Waals surface area contributed by atoms with Gasteiger partial charge in [0.1, 0.15) is 0 Å². The number of carboxylic acid groups (broad SMARTS) is 1. The number of carboxylic acids is 1. The predicted octanol–water partition coefficient (Wildman–Crippen LogP) is 2.04. The Labute approximate surface area is 127 Å². The van der Waals surface area contributed by atoms with Gasteiger partial charge in [-0.05, 0) is 26.2 Å². The van der Waals surface area contributed by atoms with E-state index in [1.54, 1.807) is 24.0 Å². The second-order valence-electron chi connectivity index (χ2n) is 6.06. The Balaban J connectivity index is 2.79. The molecule has 1 heterocycles. The normalized spacial score (nSPS) is 23.7. The van der Waals surface area contributed by atoms with E-state index in [0.717, 1.165) is 12.8 Å². The minimum atomic E-state index is -0.784. The number of urea groups is 1. The number of nitrogens with zero attached hydrogens (tertiary/aromatic N) is 2. The molecule has 1 aliphatic rings. The van der Waals surface area contributed by atoms with Crippen molar-refractivity contribution < 1.29 is 19.4 Å². The van der Waals surface area contributed by atoms with Crippen LogP contribution in [-0.2, 0) is 9.53 Å². The first-order valence-corrected chi connectivity index (χ1v) is 7.62. The molecule has 2 amide bonds. The summed E-state index contributed by atoms with van der Waals surface area (Å²) in [6.07, 6.45) is 2.82. The van der Waals surface area contributed by atoms with Gasteiger partial charge in [-0.25, -0.2) is 4.79 Å². The number of hydrogen-bond donors (Lipinski definition) is 1. The maximum Gasteiger partial charge on any atom is 0.320 e. The van der Waals surface area contributed by atoms with E-state index in [1.165, 1.54) is 0 Å². The minimum absolute atomic E-state index is 0.0326. The number of piperidine rings is 1. The van der Waals surface area contributed by atoms with Crippen molar-refractivity contribution in [2.45, 2.75) is 45.6 Å². The molecule has 0 aromatic heterocycles. The smallest absolute Gasteiger partial charge is 0.320 e. The largest absolute Gasteiger partial charge is 0.481 e. The molecular weight excluding hydrogens is 272 g/mol. The highest BCUT2D eigenvalue weighted by Crippen LogP contribution is 2.35. The van der Waals surface area contributed by atoms with Crippen LogP contribution in [0.3, 0.4) is 0 Å². The molecule has 1 fully saturated rings. The second kappa shape index (κ2) is 7.64. The van der Waals surface area contributed by atoms with Crippen LogP contribution in [0.4, 0.5) is 4.79 Å². The summed E-state index contributed by atoms with van der Waals surface area (Å²) in [5, 5.41) is 9.58. The zero-order valence-corrected chi connectivity index (χ0v) is 13.6. The number of carbonyl (C=O) groups excluding carboxylic acids is 1. The molecule has 0 bridgehead atoms. The van der Waals surface area contributed by atoms with Crippen LogP contribution in [0.2, 0.25) is 0 Å². The van der Waals surface area contributed by atoms with Crippen LogP contribution < -0.4 is 0 Å². The van der Waals surface area contributed by atoms with Gasteiger partial charge in [0.2, 0.25) is 0 Å². The molecule has 21 heavy (non-hydrogen) atoms. The summed E-state index contributed by atoms with van der Waals surface area (Å²) in [5.41, 5.74) is -0.784. The fourth-order valence-electron chi connectivity index (χ4n) is 3.02. The number of ether oxygens (including phenoxy) is 1. The first-order chi connectivity index (χ1) is 9.88. The molecule has 0 spiro atoms. The lowest BCUT2D eigenvalue weighted by atomic mass is 9.76. The Bertz CT molecular complexity index is 371. The fourth-order valence-corrected chi connectivity index (χ4v) is 3.02. The molecule has 1 N–H and O–H groups in total. The number of amides is 2. The summed E-state index contributed by atoms with van der Waals surface area (Å²) < 4.78 is 5.07. The molecule has 1 aliphatic heterocycles. The van der Waals surface area contributed by atoms with Crippen LogP contribution in [0.15, 0.2) is 0 Å². The van der Waals surface area contributed by atoms with Gasteiger partial charge in [0, 0.05) is 27.2 Å². The summed E-state index contributed by atoms with van der Waals surface area (Å²) in [6, 6.07) is -0.143. The minimum Gasteiger partial charge on any atom is -0.481 e. The fraction of sp³-hybridized carbons (Fsp3) is 0.867. The van der Waals surface area contributed by atoms with E-state index < -0.39 is 11.4 Å². The SMILES string of the molecule is CCCC1(C(=O)O)CCCN(C(=O)N(C)C(C)COC)C1. The highest BCUT2D eigenvalue weighted by atomic mass is 16.5. The molecule has 6 heteroatoms. The quantitative estimate of drug-likeness (QED) is 0.815. The van der Waals surface area contributed by atoms with Gasteiger partial charge in [0.25, 0.3) is 0 Å². The highest BCUT2D eigenvalue weighted by molar-refractivity contribution is 5.79. The number of rotatable bonds is 6. The van der Waals surface area contributed by atoms with Crippen molar-refractivity contribution in [2.24, 2.45) is 5.41 Å². The molecule has 6 nitrogen and oxygen atoms in total. The number of methoxy groups -OCH3 is 1. The zero-order valence-electron chi connectivity index (χ0n) is 13.6. The van der Waals surface area contributed by atoms with Crippen molar-refractivity contribution in [2.75, 3.05) is 33.9 Å². The predicted molar refractivity (Wildman–Crippen MR) is 80.3 cm³/mol. The molecule has 0 aromatic carbocycles. The average Bonchev–Trinajstić information content (AvgIpc) is 2.46. The third-order valence-electron chi connectivity index (χ3n) is 4.40. The Hall–Kier alpha value is -1.30. The number of likely N-dealkylation sites (N-methyl/N-ethyl adjacent to an activating group) is 1. The Morgan fingerprint density at radius 1 is 1.48 bits per heavy atom. The molecule has 2 atom stereocenters. The molecular formula is C15H28N2O4. The van der Waals surface area contributed by atoms with Gasteiger partial charge in [-0.2, -0.15) is 0 Å². The second-order valence-corrected chi connectivity index (χ2v) is 6.06. The van der Waals surface area contributed by atoms with Crippen molar-refractivity contribution in [3.8, 4) is 0 Å². The van der Waals surface area contributed by atoms with Crippen molar-refractivity contribution in [3.63, 3.8) is 0 Å². The average molecular weight is 300 g/mol. The Morgan fingerprint density at radius 3 is 2.67 bits per heavy atom. The van der Waals surface area contributed by atoms with E-state index in [-0.39, 0.29) is 12.1 Å². The van der Waals surface area contributed by atoms with E-state index in [0.29, 0.717) is 32.5 Å². The van der Waals surface area contributed by atoms with Crippen LogP contribution >= 0.6 is 0 Å². The standard InChI is InChI=1S/C15H28N2O4/c1-5-7-15(13(18)19)8-6-9-17(11-15)14(20)16(3)12(2)10-21-4/h12H,5-11H2,1-4H3,(H,18,19). The first kappa shape index (κ1) is 17.8. The molecule has 122 valence electrons. The lowest BCUT2D eigenvalue weighted by molar-refractivity contribution is -0.152. The van der Waals surface area contributed by atoms with E-state index >= 15 is 0 Å². The third-order valence-corrected chi connectivity index (χ3v) is 4.40. The van der Waals surface area contributed by atoms with Gasteiger partial charge in [0.15, 0.2) is 0 Å². The maximum atomic E-state index is 12.5. The van der Waals surface area contributed by atoms with Gasteiger partial charge < -0.3 is 19.6 Å². The molecule has 0 aromatic rings. The first-order valence-electron chi connectivity index (χ1n) is 7.62. The van der Waals surface area contributed by atoms with E-state index in [4.69, 9.17) is 4.74 Å². The summed E-state index contributed by atoms with van der Waals surface area (Å²) in [5.74, 6) is -0.783. The van der Waals surface area contributed by atoms with Gasteiger partial charge in [-0.3, -0.25) is 4.79 Å². The van der Waals surface area contributed by atoms with Crippen molar-refractivity contribution in [1.29, 1.82) is 0 Å². The number of aliphatic carboxylic acids is 1. The number of carbonyl (C=O) groups is 2. The summed E-state index contributed by atoms with van der Waals surface area (Å²) in [4.78, 5) is 27.5. The van der Waals surface area contributed by atoms with Crippen LogP contribution in [0.25, 0.3) is 0 Å². The summed E-state index contributed by atoms with van der Waals surface area (Å²) in [6.45, 7) is 5.30. The summed E-state index contributed by atoms with van der Waals surface area (Å²) >= 11 is 0. The molecule has 0 radical (unpaired) electrons. The summed E-state index contributed by atoms with van der Waals surface area (Å²) in [7, 11) is 3.34. The lowest BCUT2D eigenvalue weighted by Crippen LogP contribution is -2.54. The van der Waals surface area contributed by atoms with Crippen molar-refractivity contribution in [3.05, 3.63) is 0 Å².